The number of fused-ring (bicyclic) bond motifs is 1. The molecule has 0 spiro atoms. The molecule has 0 unspecified atom stereocenters. The molecule has 0 saturated carbocycles. The number of unbranched alkanes of at least 4 members (excludes halogenated alkanes) is 1. The lowest BCUT2D eigenvalue weighted by Crippen LogP contribution is -2.28. The summed E-state index contributed by atoms with van der Waals surface area (Å²) in [7, 11) is 0. The summed E-state index contributed by atoms with van der Waals surface area (Å²) in [5, 5.41) is 0. The van der Waals surface area contributed by atoms with Gasteiger partial charge in [-0.1, -0.05) is 19.4 Å². The van der Waals surface area contributed by atoms with E-state index in [1.165, 1.54) is 24.8 Å². The van der Waals surface area contributed by atoms with Gasteiger partial charge in [0.05, 0.1) is 0 Å². The van der Waals surface area contributed by atoms with Gasteiger partial charge in [-0.3, -0.25) is 0 Å². The number of hydrogen-bond donors (Lipinski definition) is 0. The van der Waals surface area contributed by atoms with Crippen molar-refractivity contribution < 1.29 is 0 Å². The highest BCUT2D eigenvalue weighted by Gasteiger charge is 2.11. The molecule has 2 rings (SSSR count). The smallest absolute Gasteiger partial charge is 0.132 e. The van der Waals surface area contributed by atoms with Crippen LogP contribution in [0.2, 0.25) is 0 Å². The van der Waals surface area contributed by atoms with Gasteiger partial charge in [-0.25, -0.2) is 4.99 Å². The molecular formula is C12H16N2. The van der Waals surface area contributed by atoms with Gasteiger partial charge in [0.2, 0.25) is 0 Å². The number of amidine groups is 1. The van der Waals surface area contributed by atoms with E-state index >= 15 is 0 Å². The second kappa shape index (κ2) is 4.27. The maximum absolute atomic E-state index is 4.30. The van der Waals surface area contributed by atoms with Gasteiger partial charge in [0.25, 0.3) is 0 Å². The molecule has 2 aliphatic heterocycles. The zero-order chi connectivity index (χ0) is 9.80. The van der Waals surface area contributed by atoms with Crippen molar-refractivity contribution in [1.82, 2.24) is 4.90 Å². The molecule has 2 nitrogen and oxygen atoms in total. The molecule has 0 amide bonds. The number of hydrogen-bond acceptors (Lipinski definition) is 2. The third kappa shape index (κ3) is 1.95. The lowest BCUT2D eigenvalue weighted by Gasteiger charge is -2.25. The van der Waals surface area contributed by atoms with Gasteiger partial charge >= 0.3 is 0 Å². The van der Waals surface area contributed by atoms with Crippen molar-refractivity contribution in [1.29, 1.82) is 0 Å². The predicted molar refractivity (Wildman–Crippen MR) is 60.0 cm³/mol. The molecule has 74 valence electrons. The Labute approximate surface area is 85.3 Å². The van der Waals surface area contributed by atoms with Gasteiger partial charge in [-0.15, -0.1) is 0 Å². The number of rotatable bonds is 3. The zero-order valence-electron chi connectivity index (χ0n) is 8.61. The van der Waals surface area contributed by atoms with Crippen LogP contribution < -0.4 is 0 Å². The SMILES string of the molecule is CCCCC1=CN2CC=CN=C2C=C1. The monoisotopic (exact) mass is 188 g/mol. The molecule has 2 aliphatic rings. The summed E-state index contributed by atoms with van der Waals surface area (Å²) in [6, 6.07) is 0. The second-order valence-electron chi connectivity index (χ2n) is 3.67. The first kappa shape index (κ1) is 9.25. The standard InChI is InChI=1S/C12H16N2/c1-2-3-5-11-6-7-12-13-8-4-9-14(12)10-11/h4,6-8,10H,2-3,5,9H2,1H3. The Kier molecular flexibility index (Phi) is 2.82. The van der Waals surface area contributed by atoms with Crippen molar-refractivity contribution in [3.05, 3.63) is 36.2 Å². The van der Waals surface area contributed by atoms with Crippen LogP contribution in [0.5, 0.6) is 0 Å². The molecular weight excluding hydrogens is 172 g/mol. The van der Waals surface area contributed by atoms with Crippen LogP contribution in [0.3, 0.4) is 0 Å². The first-order valence-electron chi connectivity index (χ1n) is 5.28. The number of aliphatic imine (C=N–C) groups is 1. The number of nitrogens with zero attached hydrogens (tertiary/aromatic N) is 2. The molecule has 0 aromatic heterocycles. The van der Waals surface area contributed by atoms with E-state index in [9.17, 15) is 0 Å². The van der Waals surface area contributed by atoms with Crippen molar-refractivity contribution in [3.63, 3.8) is 0 Å². The Morgan fingerprint density at radius 2 is 2.36 bits per heavy atom. The third-order valence-corrected chi connectivity index (χ3v) is 2.50. The van der Waals surface area contributed by atoms with E-state index < -0.39 is 0 Å². The van der Waals surface area contributed by atoms with Crippen LogP contribution in [0.1, 0.15) is 26.2 Å². The Bertz CT molecular complexity index is 321. The Hall–Kier alpha value is -1.31. The first-order valence-corrected chi connectivity index (χ1v) is 5.28. The molecule has 2 heterocycles. The highest BCUT2D eigenvalue weighted by Crippen LogP contribution is 2.17. The minimum Gasteiger partial charge on any atom is -0.329 e. The average molecular weight is 188 g/mol. The van der Waals surface area contributed by atoms with E-state index in [2.05, 4.69) is 41.2 Å². The van der Waals surface area contributed by atoms with E-state index in [4.69, 9.17) is 0 Å². The van der Waals surface area contributed by atoms with Crippen LogP contribution in [0.15, 0.2) is 41.2 Å². The lowest BCUT2D eigenvalue weighted by atomic mass is 10.1. The fourth-order valence-corrected chi connectivity index (χ4v) is 1.67. The Balaban J connectivity index is 2.04. The summed E-state index contributed by atoms with van der Waals surface area (Å²) in [6.07, 6.45) is 14.2. The molecule has 14 heavy (non-hydrogen) atoms. The highest BCUT2D eigenvalue weighted by molar-refractivity contribution is 5.96. The van der Waals surface area contributed by atoms with Gasteiger partial charge in [0.15, 0.2) is 0 Å². The molecule has 0 aliphatic carbocycles. The zero-order valence-corrected chi connectivity index (χ0v) is 8.61. The van der Waals surface area contributed by atoms with E-state index in [0.717, 1.165) is 12.4 Å². The normalized spacial score (nSPS) is 19.1. The van der Waals surface area contributed by atoms with E-state index in [0.29, 0.717) is 0 Å². The van der Waals surface area contributed by atoms with Crippen molar-refractivity contribution >= 4 is 5.84 Å². The van der Waals surface area contributed by atoms with E-state index in [1.54, 1.807) is 0 Å². The van der Waals surface area contributed by atoms with Gasteiger partial charge in [-0.05, 0) is 30.6 Å². The lowest BCUT2D eigenvalue weighted by molar-refractivity contribution is 0.602. The van der Waals surface area contributed by atoms with Crippen LogP contribution >= 0.6 is 0 Å². The molecule has 0 bridgehead atoms. The summed E-state index contributed by atoms with van der Waals surface area (Å²) >= 11 is 0. The molecule has 0 radical (unpaired) electrons. The number of allylic oxidation sites excluding steroid dienone is 2. The van der Waals surface area contributed by atoms with Gasteiger partial charge in [0, 0.05) is 18.9 Å². The average Bonchev–Trinajstić information content (AvgIpc) is 2.26. The maximum atomic E-state index is 4.30. The predicted octanol–water partition coefficient (Wildman–Crippen LogP) is 2.86. The summed E-state index contributed by atoms with van der Waals surface area (Å²) < 4.78 is 0. The topological polar surface area (TPSA) is 15.6 Å². The summed E-state index contributed by atoms with van der Waals surface area (Å²) in [5.41, 5.74) is 1.42. The van der Waals surface area contributed by atoms with Gasteiger partial charge in [-0.2, -0.15) is 0 Å². The van der Waals surface area contributed by atoms with Gasteiger partial charge in [0.1, 0.15) is 5.84 Å². The minimum atomic E-state index is 0.957. The molecule has 0 N–H and O–H groups in total. The van der Waals surface area contributed by atoms with Crippen molar-refractivity contribution in [2.45, 2.75) is 26.2 Å². The van der Waals surface area contributed by atoms with Gasteiger partial charge < -0.3 is 4.90 Å². The van der Waals surface area contributed by atoms with Crippen LogP contribution in [-0.2, 0) is 0 Å². The van der Waals surface area contributed by atoms with Crippen LogP contribution in [-0.4, -0.2) is 17.3 Å². The van der Waals surface area contributed by atoms with Crippen molar-refractivity contribution in [2.24, 2.45) is 4.99 Å². The Morgan fingerprint density at radius 3 is 3.21 bits per heavy atom. The maximum Gasteiger partial charge on any atom is 0.132 e. The van der Waals surface area contributed by atoms with E-state index in [-0.39, 0.29) is 0 Å². The summed E-state index contributed by atoms with van der Waals surface area (Å²) in [4.78, 5) is 6.50. The molecule has 0 aromatic carbocycles. The third-order valence-electron chi connectivity index (χ3n) is 2.50. The fraction of sp³-hybridized carbons (Fsp3) is 0.417. The van der Waals surface area contributed by atoms with E-state index in [1.807, 2.05) is 6.20 Å². The van der Waals surface area contributed by atoms with Crippen LogP contribution in [0.4, 0.5) is 0 Å². The fourth-order valence-electron chi connectivity index (χ4n) is 1.67. The second-order valence-corrected chi connectivity index (χ2v) is 3.67. The summed E-state index contributed by atoms with van der Waals surface area (Å²) in [5.74, 6) is 1.06. The van der Waals surface area contributed by atoms with Crippen LogP contribution in [0, 0.1) is 0 Å². The minimum absolute atomic E-state index is 0.957. The van der Waals surface area contributed by atoms with Crippen LogP contribution in [0.25, 0.3) is 0 Å². The highest BCUT2D eigenvalue weighted by atomic mass is 15.2. The molecule has 0 saturated heterocycles. The largest absolute Gasteiger partial charge is 0.329 e. The molecule has 2 heteroatoms. The van der Waals surface area contributed by atoms with Crippen molar-refractivity contribution in [3.8, 4) is 0 Å². The quantitative estimate of drug-likeness (QED) is 0.665. The first-order chi connectivity index (χ1) is 6.90. The molecule has 0 aromatic rings. The Morgan fingerprint density at radius 1 is 1.43 bits per heavy atom. The molecule has 0 fully saturated rings. The van der Waals surface area contributed by atoms with Crippen molar-refractivity contribution in [2.75, 3.05) is 6.54 Å². The molecule has 0 atom stereocenters. The summed E-state index contributed by atoms with van der Waals surface area (Å²) in [6.45, 7) is 3.18.